The van der Waals surface area contributed by atoms with E-state index in [2.05, 4.69) is 17.0 Å². The second kappa shape index (κ2) is 5.05. The zero-order valence-electron chi connectivity index (χ0n) is 8.99. The summed E-state index contributed by atoms with van der Waals surface area (Å²) in [4.78, 5) is 4.57. The van der Waals surface area contributed by atoms with Crippen LogP contribution in [0, 0.1) is 23.7 Å². The van der Waals surface area contributed by atoms with Crippen molar-refractivity contribution in [3.8, 4) is 18.4 Å². The maximum absolute atomic E-state index is 9.06. The van der Waals surface area contributed by atoms with Gasteiger partial charge in [-0.1, -0.05) is 17.7 Å². The van der Waals surface area contributed by atoms with E-state index in [1.165, 1.54) is 30.2 Å². The number of aryl methyl sites for hydroxylation is 2. The van der Waals surface area contributed by atoms with Gasteiger partial charge in [-0.25, -0.2) is 4.98 Å². The first kappa shape index (κ1) is 11.0. The molecule has 0 radical (unpaired) electrons. The number of terminal acetylenes is 1. The Balaban J connectivity index is 2.37. The topological polar surface area (TPSA) is 36.7 Å². The highest BCUT2D eigenvalue weighted by molar-refractivity contribution is 7.99. The highest BCUT2D eigenvalue weighted by atomic mass is 32.2. The smallest absolute Gasteiger partial charge is 0.115 e. The molecule has 2 rings (SSSR count). The van der Waals surface area contributed by atoms with Crippen molar-refractivity contribution in [1.82, 2.24) is 4.98 Å². The van der Waals surface area contributed by atoms with Crippen LogP contribution in [0.2, 0.25) is 0 Å². The Morgan fingerprint density at radius 1 is 1.44 bits per heavy atom. The van der Waals surface area contributed by atoms with Crippen molar-refractivity contribution >= 4 is 11.8 Å². The van der Waals surface area contributed by atoms with Crippen LogP contribution in [0.15, 0.2) is 11.1 Å². The molecule has 16 heavy (non-hydrogen) atoms. The normalized spacial score (nSPS) is 13.6. The molecule has 0 aliphatic heterocycles. The Bertz CT molecular complexity index is 480. The summed E-state index contributed by atoms with van der Waals surface area (Å²) in [5, 5.41) is 9.86. The van der Waals surface area contributed by atoms with Crippen LogP contribution in [0.5, 0.6) is 0 Å². The van der Waals surface area contributed by atoms with E-state index in [4.69, 9.17) is 11.7 Å². The Morgan fingerprint density at radius 3 is 3.00 bits per heavy atom. The number of pyridine rings is 1. The first-order valence-electron chi connectivity index (χ1n) is 5.34. The number of aromatic nitrogens is 1. The summed E-state index contributed by atoms with van der Waals surface area (Å²) in [6, 6.07) is 4.19. The van der Waals surface area contributed by atoms with Gasteiger partial charge in [0.15, 0.2) is 0 Å². The molecular formula is C13H12N2S. The Labute approximate surface area is 100 Å². The van der Waals surface area contributed by atoms with Crippen molar-refractivity contribution in [3.63, 3.8) is 0 Å². The van der Waals surface area contributed by atoms with E-state index in [1.54, 1.807) is 0 Å². The molecule has 1 heterocycles. The quantitative estimate of drug-likeness (QED) is 0.576. The fourth-order valence-electron chi connectivity index (χ4n) is 1.91. The highest BCUT2D eigenvalue weighted by Gasteiger charge is 2.14. The maximum Gasteiger partial charge on any atom is 0.115 e. The van der Waals surface area contributed by atoms with Gasteiger partial charge in [0.05, 0.1) is 11.3 Å². The summed E-state index contributed by atoms with van der Waals surface area (Å²) >= 11 is 1.47. The number of fused-ring (bicyclic) bond motifs is 1. The minimum Gasteiger partial charge on any atom is -0.245 e. The van der Waals surface area contributed by atoms with E-state index in [1.807, 2.05) is 6.07 Å². The molecule has 2 nitrogen and oxygen atoms in total. The van der Waals surface area contributed by atoms with Crippen LogP contribution in [0.3, 0.4) is 0 Å². The van der Waals surface area contributed by atoms with Gasteiger partial charge in [-0.05, 0) is 37.3 Å². The lowest BCUT2D eigenvalue weighted by Gasteiger charge is -2.16. The molecule has 0 saturated heterocycles. The van der Waals surface area contributed by atoms with Crippen molar-refractivity contribution in [1.29, 1.82) is 5.26 Å². The Hall–Kier alpha value is -1.45. The van der Waals surface area contributed by atoms with Crippen LogP contribution in [0.1, 0.15) is 29.7 Å². The fourth-order valence-corrected chi connectivity index (χ4v) is 2.57. The molecule has 0 bridgehead atoms. The monoisotopic (exact) mass is 228 g/mol. The number of nitrogens with zero attached hydrogens (tertiary/aromatic N) is 2. The zero-order valence-corrected chi connectivity index (χ0v) is 9.81. The highest BCUT2D eigenvalue weighted by Crippen LogP contribution is 2.26. The molecule has 0 saturated carbocycles. The third-order valence-electron chi connectivity index (χ3n) is 2.68. The van der Waals surface area contributed by atoms with E-state index >= 15 is 0 Å². The summed E-state index contributed by atoms with van der Waals surface area (Å²) in [7, 11) is 0. The van der Waals surface area contributed by atoms with E-state index in [-0.39, 0.29) is 0 Å². The second-order valence-electron chi connectivity index (χ2n) is 3.76. The van der Waals surface area contributed by atoms with E-state index < -0.39 is 0 Å². The number of thioether (sulfide) groups is 1. The van der Waals surface area contributed by atoms with Crippen LogP contribution in [0.4, 0.5) is 0 Å². The van der Waals surface area contributed by atoms with Gasteiger partial charge < -0.3 is 0 Å². The van der Waals surface area contributed by atoms with E-state index in [0.717, 1.165) is 23.6 Å². The Morgan fingerprint density at radius 2 is 2.25 bits per heavy atom. The molecule has 0 aromatic carbocycles. The van der Waals surface area contributed by atoms with Crippen molar-refractivity contribution < 1.29 is 0 Å². The summed E-state index contributed by atoms with van der Waals surface area (Å²) in [5.41, 5.74) is 3.07. The lowest BCUT2D eigenvalue weighted by atomic mass is 9.95. The minimum atomic E-state index is 0.570. The second-order valence-corrected chi connectivity index (χ2v) is 4.72. The molecule has 80 valence electrons. The zero-order chi connectivity index (χ0) is 11.4. The number of rotatable bonds is 2. The largest absolute Gasteiger partial charge is 0.245 e. The first-order valence-corrected chi connectivity index (χ1v) is 6.33. The van der Waals surface area contributed by atoms with Crippen LogP contribution >= 0.6 is 11.8 Å². The van der Waals surface area contributed by atoms with Crippen LogP contribution < -0.4 is 0 Å². The molecule has 1 aliphatic carbocycles. The Kier molecular flexibility index (Phi) is 3.49. The molecular weight excluding hydrogens is 216 g/mol. The molecule has 0 N–H and O–H groups in total. The van der Waals surface area contributed by atoms with E-state index in [0.29, 0.717) is 11.3 Å². The van der Waals surface area contributed by atoms with Crippen LogP contribution in [-0.2, 0) is 12.8 Å². The van der Waals surface area contributed by atoms with E-state index in [9.17, 15) is 0 Å². The van der Waals surface area contributed by atoms with Gasteiger partial charge >= 0.3 is 0 Å². The third-order valence-corrected chi connectivity index (χ3v) is 3.57. The molecule has 3 heteroatoms. The molecule has 0 atom stereocenters. The van der Waals surface area contributed by atoms with Gasteiger partial charge in [0, 0.05) is 5.69 Å². The average Bonchev–Trinajstić information content (AvgIpc) is 2.35. The lowest BCUT2D eigenvalue weighted by Crippen LogP contribution is -2.07. The summed E-state index contributed by atoms with van der Waals surface area (Å²) in [6.07, 6.45) is 9.71. The van der Waals surface area contributed by atoms with Gasteiger partial charge in [-0.15, -0.1) is 6.42 Å². The summed E-state index contributed by atoms with van der Waals surface area (Å²) < 4.78 is 0. The number of nitriles is 1. The number of hydrogen-bond donors (Lipinski definition) is 0. The fraction of sp³-hybridized carbons (Fsp3) is 0.385. The SMILES string of the molecule is C#CCSc1nc2c(cc1C#N)CCCC2. The molecule has 0 amide bonds. The summed E-state index contributed by atoms with van der Waals surface area (Å²) in [6.45, 7) is 0. The van der Waals surface area contributed by atoms with Crippen LogP contribution in [0.25, 0.3) is 0 Å². The molecule has 0 unspecified atom stereocenters. The van der Waals surface area contributed by atoms with Gasteiger partial charge in [0.2, 0.25) is 0 Å². The molecule has 1 aromatic heterocycles. The van der Waals surface area contributed by atoms with Gasteiger partial charge in [0.25, 0.3) is 0 Å². The maximum atomic E-state index is 9.06. The lowest BCUT2D eigenvalue weighted by molar-refractivity contribution is 0.660. The van der Waals surface area contributed by atoms with Crippen molar-refractivity contribution in [2.45, 2.75) is 30.7 Å². The van der Waals surface area contributed by atoms with Gasteiger partial charge in [0.1, 0.15) is 11.1 Å². The minimum absolute atomic E-state index is 0.570. The van der Waals surface area contributed by atoms with Gasteiger partial charge in [-0.2, -0.15) is 5.26 Å². The molecule has 0 spiro atoms. The molecule has 1 aliphatic rings. The van der Waals surface area contributed by atoms with Crippen LogP contribution in [-0.4, -0.2) is 10.7 Å². The predicted octanol–water partition coefficient (Wildman–Crippen LogP) is 2.56. The molecule has 1 aromatic rings. The number of hydrogen-bond acceptors (Lipinski definition) is 3. The van der Waals surface area contributed by atoms with Crippen molar-refractivity contribution in [2.75, 3.05) is 5.75 Å². The summed E-state index contributed by atoms with van der Waals surface area (Å²) in [5.74, 6) is 3.13. The first-order chi connectivity index (χ1) is 7.85. The van der Waals surface area contributed by atoms with Crippen molar-refractivity contribution in [3.05, 3.63) is 22.9 Å². The van der Waals surface area contributed by atoms with Crippen molar-refractivity contribution in [2.24, 2.45) is 0 Å². The van der Waals surface area contributed by atoms with Gasteiger partial charge in [-0.3, -0.25) is 0 Å². The average molecular weight is 228 g/mol. The predicted molar refractivity (Wildman–Crippen MR) is 65.2 cm³/mol. The molecule has 0 fully saturated rings. The standard InChI is InChI=1S/C13H12N2S/c1-2-7-16-13-11(9-14)8-10-5-3-4-6-12(10)15-13/h1,8H,3-7H2. The third kappa shape index (κ3) is 2.21.